The van der Waals surface area contributed by atoms with Gasteiger partial charge >= 0.3 is 0 Å². The highest BCUT2D eigenvalue weighted by Gasteiger charge is 2.32. The lowest BCUT2D eigenvalue weighted by Gasteiger charge is -2.34. The molecule has 0 aromatic carbocycles. The molecule has 2 unspecified atom stereocenters. The van der Waals surface area contributed by atoms with Gasteiger partial charge in [0.1, 0.15) is 11.7 Å². The summed E-state index contributed by atoms with van der Waals surface area (Å²) in [5, 5.41) is 23.3. The summed E-state index contributed by atoms with van der Waals surface area (Å²) < 4.78 is 2.91. The van der Waals surface area contributed by atoms with Crippen molar-refractivity contribution in [2.24, 2.45) is 0 Å². The van der Waals surface area contributed by atoms with Crippen molar-refractivity contribution in [2.75, 3.05) is 31.3 Å². The number of fused-ring (bicyclic) bond motifs is 1. The van der Waals surface area contributed by atoms with Crippen molar-refractivity contribution in [1.29, 1.82) is 0 Å². The fourth-order valence-corrected chi connectivity index (χ4v) is 4.35. The second kappa shape index (κ2) is 8.45. The summed E-state index contributed by atoms with van der Waals surface area (Å²) in [6.07, 6.45) is 4.49. The maximum atomic E-state index is 13.0. The zero-order chi connectivity index (χ0) is 24.0. The van der Waals surface area contributed by atoms with Gasteiger partial charge < -0.3 is 30.5 Å². The number of pyridine rings is 1. The molecule has 4 N–H and O–H groups in total. The van der Waals surface area contributed by atoms with E-state index in [0.717, 1.165) is 6.42 Å². The number of carbonyl (C=O) groups is 2. The molecule has 1 aliphatic heterocycles. The lowest BCUT2D eigenvalue weighted by molar-refractivity contribution is -0.128. The van der Waals surface area contributed by atoms with E-state index < -0.39 is 18.1 Å². The lowest BCUT2D eigenvalue weighted by Crippen LogP contribution is -2.41. The van der Waals surface area contributed by atoms with E-state index in [2.05, 4.69) is 26.0 Å². The number of amides is 2. The number of nitrogens with one attached hydrogen (secondary N) is 3. The van der Waals surface area contributed by atoms with E-state index >= 15 is 0 Å². The Morgan fingerprint density at radius 1 is 1.21 bits per heavy atom. The first-order chi connectivity index (χ1) is 16.4. The third-order valence-electron chi connectivity index (χ3n) is 6.50. The van der Waals surface area contributed by atoms with E-state index in [0.29, 0.717) is 42.2 Å². The maximum Gasteiger partial charge on any atom is 0.274 e. The minimum Gasteiger partial charge on any atom is -0.391 e. The summed E-state index contributed by atoms with van der Waals surface area (Å²) in [4.78, 5) is 44.0. The number of anilines is 3. The molecule has 0 radical (unpaired) electrons. The van der Waals surface area contributed by atoms with Crippen molar-refractivity contribution >= 4 is 34.7 Å². The predicted octanol–water partition coefficient (Wildman–Crippen LogP) is 0.333. The highest BCUT2D eigenvalue weighted by Crippen LogP contribution is 2.31. The second-order valence-corrected chi connectivity index (χ2v) is 8.62. The van der Waals surface area contributed by atoms with Crippen LogP contribution in [0.3, 0.4) is 0 Å². The summed E-state index contributed by atoms with van der Waals surface area (Å²) in [6.45, 7) is 0.583. The van der Waals surface area contributed by atoms with Crippen LogP contribution in [0.15, 0.2) is 35.4 Å². The van der Waals surface area contributed by atoms with Crippen LogP contribution in [0, 0.1) is 0 Å². The number of nitrogens with zero attached hydrogens (tertiary/aromatic N) is 5. The molecular weight excluding hydrogens is 440 g/mol. The normalized spacial score (nSPS) is 22.0. The number of hydrogen-bond acceptors (Lipinski definition) is 8. The molecule has 0 spiro atoms. The molecule has 1 saturated heterocycles. The summed E-state index contributed by atoms with van der Waals surface area (Å²) >= 11 is 0. The predicted molar refractivity (Wildman–Crippen MR) is 124 cm³/mol. The van der Waals surface area contributed by atoms with Crippen molar-refractivity contribution in [3.63, 3.8) is 0 Å². The number of hydrogen-bond donors (Lipinski definition) is 4. The van der Waals surface area contributed by atoms with Crippen LogP contribution in [-0.4, -0.2) is 73.8 Å². The van der Waals surface area contributed by atoms with E-state index in [9.17, 15) is 19.5 Å². The van der Waals surface area contributed by atoms with Gasteiger partial charge in [-0.1, -0.05) is 0 Å². The molecule has 178 valence electrons. The first-order valence-corrected chi connectivity index (χ1v) is 11.2. The number of imidazole rings is 1. The first kappa shape index (κ1) is 21.9. The first-order valence-electron chi connectivity index (χ1n) is 11.2. The van der Waals surface area contributed by atoms with Crippen molar-refractivity contribution in [2.45, 2.75) is 37.5 Å². The standard InChI is InChI=1S/C22H26N8O4/c1-23-14-10-18(25-12-4-3-8-29(22(12)34)15-5-6-17(15)31)27-30-16(11-24-19(14)30)20(32)26-13-7-9-28(2)21(13)33/h3-4,8,10-11,13,15,17,23,31H,5-7,9H2,1-2H3,(H,25,27)(H,26,32)/t13-,15?,17?/m1/s1. The Hall–Kier alpha value is -3.93. The average Bonchev–Trinajstić information content (AvgIpc) is 3.38. The van der Waals surface area contributed by atoms with Gasteiger partial charge in [-0.3, -0.25) is 14.4 Å². The molecule has 3 atom stereocenters. The van der Waals surface area contributed by atoms with Crippen molar-refractivity contribution in [3.8, 4) is 0 Å². The zero-order valence-corrected chi connectivity index (χ0v) is 18.9. The van der Waals surface area contributed by atoms with Crippen LogP contribution < -0.4 is 21.5 Å². The van der Waals surface area contributed by atoms with Crippen LogP contribution in [-0.2, 0) is 4.79 Å². The molecule has 1 aliphatic carbocycles. The minimum absolute atomic E-state index is 0.134. The van der Waals surface area contributed by atoms with Crippen LogP contribution >= 0.6 is 0 Å². The monoisotopic (exact) mass is 466 g/mol. The van der Waals surface area contributed by atoms with Crippen LogP contribution in [0.5, 0.6) is 0 Å². The van der Waals surface area contributed by atoms with Gasteiger partial charge in [-0.05, 0) is 31.4 Å². The molecule has 1 saturated carbocycles. The molecule has 34 heavy (non-hydrogen) atoms. The fourth-order valence-electron chi connectivity index (χ4n) is 4.35. The van der Waals surface area contributed by atoms with Gasteiger partial charge in [0, 0.05) is 32.9 Å². The maximum absolute atomic E-state index is 13.0. The number of likely N-dealkylation sites (tertiary alicyclic amines) is 1. The van der Waals surface area contributed by atoms with Crippen LogP contribution in [0.4, 0.5) is 17.2 Å². The Labute approximate surface area is 194 Å². The number of carbonyl (C=O) groups excluding carboxylic acids is 2. The molecule has 12 nitrogen and oxygen atoms in total. The quantitative estimate of drug-likeness (QED) is 0.407. The van der Waals surface area contributed by atoms with Crippen molar-refractivity contribution in [1.82, 2.24) is 29.4 Å². The Morgan fingerprint density at radius 3 is 2.68 bits per heavy atom. The van der Waals surface area contributed by atoms with Gasteiger partial charge in [-0.15, -0.1) is 5.10 Å². The van der Waals surface area contributed by atoms with E-state index in [-0.39, 0.29) is 23.2 Å². The van der Waals surface area contributed by atoms with Gasteiger partial charge in [0.15, 0.2) is 17.2 Å². The van der Waals surface area contributed by atoms with Crippen molar-refractivity contribution in [3.05, 3.63) is 46.6 Å². The van der Waals surface area contributed by atoms with Gasteiger partial charge in [0.2, 0.25) is 5.91 Å². The Morgan fingerprint density at radius 2 is 2.03 bits per heavy atom. The largest absolute Gasteiger partial charge is 0.391 e. The topological polar surface area (TPSA) is 146 Å². The molecule has 4 heterocycles. The van der Waals surface area contributed by atoms with Crippen LogP contribution in [0.2, 0.25) is 0 Å². The number of rotatable bonds is 6. The molecule has 3 aromatic rings. The number of likely N-dealkylation sites (N-methyl/N-ethyl adjacent to an activating group) is 1. The Bertz CT molecular complexity index is 1330. The molecule has 2 aliphatic rings. The molecule has 2 fully saturated rings. The smallest absolute Gasteiger partial charge is 0.274 e. The van der Waals surface area contributed by atoms with Crippen LogP contribution in [0.1, 0.15) is 35.8 Å². The summed E-state index contributed by atoms with van der Waals surface area (Å²) in [5.41, 5.74) is 1.21. The summed E-state index contributed by atoms with van der Waals surface area (Å²) in [6, 6.07) is 4.24. The van der Waals surface area contributed by atoms with Crippen molar-refractivity contribution < 1.29 is 14.7 Å². The van der Waals surface area contributed by atoms with Crippen LogP contribution in [0.25, 0.3) is 5.65 Å². The van der Waals surface area contributed by atoms with Gasteiger partial charge in [0.25, 0.3) is 11.5 Å². The third-order valence-corrected chi connectivity index (χ3v) is 6.50. The highest BCUT2D eigenvalue weighted by atomic mass is 16.3. The summed E-state index contributed by atoms with van der Waals surface area (Å²) in [5.74, 6) is -0.274. The second-order valence-electron chi connectivity index (χ2n) is 8.62. The molecule has 0 bridgehead atoms. The lowest BCUT2D eigenvalue weighted by atomic mass is 9.89. The van der Waals surface area contributed by atoms with E-state index in [1.54, 1.807) is 43.4 Å². The van der Waals surface area contributed by atoms with E-state index in [1.807, 2.05) is 0 Å². The fraction of sp³-hybridized carbons (Fsp3) is 0.409. The van der Waals surface area contributed by atoms with Gasteiger partial charge in [-0.25, -0.2) is 9.50 Å². The zero-order valence-electron chi connectivity index (χ0n) is 18.9. The molecular formula is C22H26N8O4. The third kappa shape index (κ3) is 3.65. The molecule has 12 heteroatoms. The van der Waals surface area contributed by atoms with Gasteiger partial charge in [-0.2, -0.15) is 0 Å². The van der Waals surface area contributed by atoms with E-state index in [4.69, 9.17) is 0 Å². The van der Waals surface area contributed by atoms with E-state index in [1.165, 1.54) is 15.3 Å². The molecule has 5 rings (SSSR count). The van der Waals surface area contributed by atoms with Gasteiger partial charge in [0.05, 0.1) is 24.0 Å². The molecule has 2 amide bonds. The summed E-state index contributed by atoms with van der Waals surface area (Å²) in [7, 11) is 3.42. The minimum atomic E-state index is -0.585. The number of aliphatic hydroxyl groups excluding tert-OH is 1. The Balaban J connectivity index is 1.46. The Kier molecular flexibility index (Phi) is 5.44. The average molecular weight is 467 g/mol. The molecule has 3 aromatic heterocycles. The number of aliphatic hydroxyl groups is 1. The highest BCUT2D eigenvalue weighted by molar-refractivity contribution is 5.97. The number of aromatic nitrogens is 4. The SMILES string of the molecule is CNc1cc(Nc2cccn(C3CCC3O)c2=O)nn2c(C(=O)N[C@@H]3CCN(C)C3=O)cnc12.